The van der Waals surface area contributed by atoms with Crippen LogP contribution in [-0.2, 0) is 4.84 Å². The van der Waals surface area contributed by atoms with E-state index < -0.39 is 0 Å². The van der Waals surface area contributed by atoms with Gasteiger partial charge in [0.05, 0.1) is 0 Å². The second-order valence-corrected chi connectivity index (χ2v) is 3.00. The van der Waals surface area contributed by atoms with Crippen molar-refractivity contribution in [1.29, 1.82) is 0 Å². The molecule has 2 rings (SSSR count). The lowest BCUT2D eigenvalue weighted by molar-refractivity contribution is 0.0470. The van der Waals surface area contributed by atoms with Gasteiger partial charge in [-0.25, -0.2) is 0 Å². The highest BCUT2D eigenvalue weighted by molar-refractivity contribution is 6.30. The van der Waals surface area contributed by atoms with Crippen LogP contribution < -0.4 is 5.48 Å². The molecule has 2 nitrogen and oxygen atoms in total. The molecule has 1 aromatic rings. The molecule has 1 atom stereocenters. The Morgan fingerprint density at radius 2 is 2.00 bits per heavy atom. The lowest BCUT2D eigenvalue weighted by Crippen LogP contribution is -2.03. The van der Waals surface area contributed by atoms with E-state index in [-0.39, 0.29) is 6.10 Å². The molecule has 0 aromatic heterocycles. The molecule has 1 aromatic carbocycles. The first-order chi connectivity index (χ1) is 5.86. The number of rotatable bonds is 1. The molecule has 0 bridgehead atoms. The molecule has 0 saturated carbocycles. The lowest BCUT2D eigenvalue weighted by Gasteiger charge is -2.06. The van der Waals surface area contributed by atoms with Crippen molar-refractivity contribution in [3.05, 3.63) is 47.1 Å². The Kier molecular flexibility index (Phi) is 2.02. The van der Waals surface area contributed by atoms with E-state index >= 15 is 0 Å². The predicted octanol–water partition coefficient (Wildman–Crippen LogP) is 2.43. The summed E-state index contributed by atoms with van der Waals surface area (Å²) in [4.78, 5) is 5.17. The molecule has 12 heavy (non-hydrogen) atoms. The summed E-state index contributed by atoms with van der Waals surface area (Å²) in [6.07, 6.45) is 3.74. The monoisotopic (exact) mass is 181 g/mol. The van der Waals surface area contributed by atoms with Crippen molar-refractivity contribution in [2.24, 2.45) is 0 Å². The van der Waals surface area contributed by atoms with E-state index in [9.17, 15) is 0 Å². The van der Waals surface area contributed by atoms with Crippen molar-refractivity contribution in [2.45, 2.75) is 6.10 Å². The minimum atomic E-state index is 0.0160. The van der Waals surface area contributed by atoms with Crippen LogP contribution in [0.1, 0.15) is 11.7 Å². The Labute approximate surface area is 75.8 Å². The summed E-state index contributed by atoms with van der Waals surface area (Å²) < 4.78 is 0. The molecule has 1 aliphatic heterocycles. The Morgan fingerprint density at radius 3 is 2.58 bits per heavy atom. The van der Waals surface area contributed by atoms with Crippen LogP contribution >= 0.6 is 11.6 Å². The van der Waals surface area contributed by atoms with E-state index in [0.29, 0.717) is 0 Å². The first-order valence-corrected chi connectivity index (χ1v) is 4.07. The summed E-state index contributed by atoms with van der Waals surface area (Å²) in [5, 5.41) is 0.744. The van der Waals surface area contributed by atoms with Gasteiger partial charge in [0.25, 0.3) is 0 Å². The first-order valence-electron chi connectivity index (χ1n) is 3.69. The topological polar surface area (TPSA) is 21.3 Å². The molecule has 1 heterocycles. The minimum Gasteiger partial charge on any atom is -0.274 e. The quantitative estimate of drug-likeness (QED) is 0.719. The Balaban J connectivity index is 2.23. The second-order valence-electron chi connectivity index (χ2n) is 2.57. The van der Waals surface area contributed by atoms with Gasteiger partial charge in [-0.2, -0.15) is 0 Å². The number of halogens is 1. The van der Waals surface area contributed by atoms with Crippen LogP contribution in [0, 0.1) is 0 Å². The third-order valence-corrected chi connectivity index (χ3v) is 1.98. The van der Waals surface area contributed by atoms with Crippen molar-refractivity contribution in [1.82, 2.24) is 5.48 Å². The summed E-state index contributed by atoms with van der Waals surface area (Å²) >= 11 is 5.74. The summed E-state index contributed by atoms with van der Waals surface area (Å²) in [6.45, 7) is 0. The summed E-state index contributed by atoms with van der Waals surface area (Å²) in [6, 6.07) is 7.60. The predicted molar refractivity (Wildman–Crippen MR) is 47.6 cm³/mol. The van der Waals surface area contributed by atoms with E-state index in [1.165, 1.54) is 0 Å². The molecule has 3 heteroatoms. The average Bonchev–Trinajstić information content (AvgIpc) is 2.58. The van der Waals surface area contributed by atoms with Gasteiger partial charge in [0.1, 0.15) is 6.10 Å². The molecule has 1 N–H and O–H groups in total. The van der Waals surface area contributed by atoms with E-state index in [2.05, 4.69) is 5.48 Å². The maximum absolute atomic E-state index is 5.74. The zero-order valence-corrected chi connectivity index (χ0v) is 7.08. The maximum Gasteiger partial charge on any atom is 0.130 e. The van der Waals surface area contributed by atoms with Gasteiger partial charge in [-0.05, 0) is 23.8 Å². The van der Waals surface area contributed by atoms with Gasteiger partial charge >= 0.3 is 0 Å². The Hall–Kier alpha value is -0.990. The van der Waals surface area contributed by atoms with Crippen LogP contribution in [0.5, 0.6) is 0 Å². The molecule has 0 saturated heterocycles. The standard InChI is InChI=1S/C9H8ClNO/c10-8-3-1-7(2-4-8)9-5-6-11-12-9/h1-6,9,11H. The number of benzene rings is 1. The van der Waals surface area contributed by atoms with Crippen LogP contribution in [0.15, 0.2) is 36.5 Å². The van der Waals surface area contributed by atoms with Crippen molar-refractivity contribution in [2.75, 3.05) is 0 Å². The fourth-order valence-corrected chi connectivity index (χ4v) is 1.24. The molecule has 0 spiro atoms. The van der Waals surface area contributed by atoms with Gasteiger partial charge in [-0.15, -0.1) is 0 Å². The summed E-state index contributed by atoms with van der Waals surface area (Å²) in [7, 11) is 0. The Morgan fingerprint density at radius 1 is 1.25 bits per heavy atom. The molecule has 0 fully saturated rings. The highest BCUT2D eigenvalue weighted by Crippen LogP contribution is 2.22. The van der Waals surface area contributed by atoms with Crippen LogP contribution in [0.3, 0.4) is 0 Å². The zero-order valence-electron chi connectivity index (χ0n) is 6.33. The van der Waals surface area contributed by atoms with E-state index in [1.807, 2.05) is 30.3 Å². The molecular formula is C9H8ClNO. The second kappa shape index (κ2) is 3.17. The molecular weight excluding hydrogens is 174 g/mol. The van der Waals surface area contributed by atoms with Gasteiger partial charge in [0.2, 0.25) is 0 Å². The fraction of sp³-hybridized carbons (Fsp3) is 0.111. The summed E-state index contributed by atoms with van der Waals surface area (Å²) in [5.41, 5.74) is 3.77. The van der Waals surface area contributed by atoms with Crippen LogP contribution in [0.25, 0.3) is 0 Å². The highest BCUT2D eigenvalue weighted by Gasteiger charge is 2.11. The van der Waals surface area contributed by atoms with E-state index in [1.54, 1.807) is 6.20 Å². The van der Waals surface area contributed by atoms with Crippen molar-refractivity contribution in [3.8, 4) is 0 Å². The smallest absolute Gasteiger partial charge is 0.130 e. The molecule has 62 valence electrons. The molecule has 0 amide bonds. The van der Waals surface area contributed by atoms with Crippen molar-refractivity contribution in [3.63, 3.8) is 0 Å². The number of hydrogen-bond donors (Lipinski definition) is 1. The normalized spacial score (nSPS) is 20.9. The van der Waals surface area contributed by atoms with Crippen LogP contribution in [0.2, 0.25) is 5.02 Å². The maximum atomic E-state index is 5.74. The number of nitrogens with one attached hydrogen (secondary N) is 1. The minimum absolute atomic E-state index is 0.0160. The van der Waals surface area contributed by atoms with Crippen LogP contribution in [-0.4, -0.2) is 0 Å². The average molecular weight is 182 g/mol. The van der Waals surface area contributed by atoms with Gasteiger partial charge in [0, 0.05) is 11.2 Å². The molecule has 0 radical (unpaired) electrons. The van der Waals surface area contributed by atoms with E-state index in [4.69, 9.17) is 16.4 Å². The zero-order chi connectivity index (χ0) is 8.39. The van der Waals surface area contributed by atoms with Crippen LogP contribution in [0.4, 0.5) is 0 Å². The summed E-state index contributed by atoms with van der Waals surface area (Å²) in [5.74, 6) is 0. The fourth-order valence-electron chi connectivity index (χ4n) is 1.11. The largest absolute Gasteiger partial charge is 0.274 e. The molecule has 0 aliphatic carbocycles. The van der Waals surface area contributed by atoms with E-state index in [0.717, 1.165) is 10.6 Å². The lowest BCUT2D eigenvalue weighted by atomic mass is 10.1. The number of hydroxylamine groups is 1. The molecule has 1 unspecified atom stereocenters. The van der Waals surface area contributed by atoms with Gasteiger partial charge < -0.3 is 0 Å². The first kappa shape index (κ1) is 7.65. The van der Waals surface area contributed by atoms with Crippen molar-refractivity contribution >= 4 is 11.6 Å². The van der Waals surface area contributed by atoms with Gasteiger partial charge in [-0.3, -0.25) is 10.3 Å². The molecule has 1 aliphatic rings. The van der Waals surface area contributed by atoms with Gasteiger partial charge in [0.15, 0.2) is 0 Å². The third-order valence-electron chi connectivity index (χ3n) is 1.73. The number of hydrogen-bond acceptors (Lipinski definition) is 2. The highest BCUT2D eigenvalue weighted by atomic mass is 35.5. The Bertz CT molecular complexity index is 294. The van der Waals surface area contributed by atoms with Gasteiger partial charge in [-0.1, -0.05) is 23.7 Å². The SMILES string of the molecule is Clc1ccc(C2C=CNO2)cc1. The van der Waals surface area contributed by atoms with Crippen molar-refractivity contribution < 1.29 is 4.84 Å². The third kappa shape index (κ3) is 1.44.